The molecule has 152 valence electrons. The number of likely N-dealkylation sites (tertiary alicyclic amines) is 1. The first-order valence-corrected chi connectivity index (χ1v) is 9.78. The minimum Gasteiger partial charge on any atom is -0.497 e. The summed E-state index contributed by atoms with van der Waals surface area (Å²) in [6, 6.07) is 16.5. The lowest BCUT2D eigenvalue weighted by molar-refractivity contribution is 0.331. The van der Waals surface area contributed by atoms with Crippen molar-refractivity contribution in [1.29, 1.82) is 0 Å². The number of ether oxygens (including phenoxy) is 1. The van der Waals surface area contributed by atoms with Gasteiger partial charge in [0.2, 0.25) is 0 Å². The molecule has 1 saturated heterocycles. The zero-order valence-electron chi connectivity index (χ0n) is 16.8. The Morgan fingerprint density at radius 2 is 1.83 bits per heavy atom. The normalized spacial score (nSPS) is 13.8. The van der Waals surface area contributed by atoms with E-state index in [0.717, 1.165) is 35.1 Å². The van der Waals surface area contributed by atoms with Gasteiger partial charge in [0.15, 0.2) is 11.6 Å². The van der Waals surface area contributed by atoms with Gasteiger partial charge in [0, 0.05) is 17.7 Å². The summed E-state index contributed by atoms with van der Waals surface area (Å²) >= 11 is 0. The summed E-state index contributed by atoms with van der Waals surface area (Å²) in [5.74, 6) is 2.41. The molecule has 0 radical (unpaired) electrons. The summed E-state index contributed by atoms with van der Waals surface area (Å²) < 4.78 is 7.16. The van der Waals surface area contributed by atoms with E-state index in [4.69, 9.17) is 14.8 Å². The number of methoxy groups -OCH3 is 1. The van der Waals surface area contributed by atoms with Gasteiger partial charge >= 0.3 is 0 Å². The largest absolute Gasteiger partial charge is 0.497 e. The topological polar surface area (TPSA) is 43.2 Å². The van der Waals surface area contributed by atoms with Crippen LogP contribution in [0.2, 0.25) is 0 Å². The first-order valence-electron chi connectivity index (χ1n) is 9.78. The predicted molar refractivity (Wildman–Crippen MR) is 119 cm³/mol. The van der Waals surface area contributed by atoms with Crippen LogP contribution in [0.1, 0.15) is 18.4 Å². The van der Waals surface area contributed by atoms with Gasteiger partial charge in [0.05, 0.1) is 13.7 Å². The molecule has 2 heterocycles. The molecule has 0 amide bonds. The highest BCUT2D eigenvalue weighted by molar-refractivity contribution is 5.85. The Kier molecular flexibility index (Phi) is 7.07. The number of nitrogens with zero attached hydrogens (tertiary/aromatic N) is 4. The van der Waals surface area contributed by atoms with Crippen LogP contribution in [0, 0.1) is 0 Å². The molecular formula is C23H27ClN4O. The third-order valence-electron chi connectivity index (χ3n) is 5.11. The van der Waals surface area contributed by atoms with E-state index in [1.807, 2.05) is 35.0 Å². The quantitative estimate of drug-likeness (QED) is 0.523. The SMILES string of the molecule is C=CCn1nc(-c2cccc(CN3CCCC3)c2)nc1-c1ccc(OC)cc1.Cl. The van der Waals surface area contributed by atoms with E-state index in [-0.39, 0.29) is 12.4 Å². The molecule has 1 fully saturated rings. The second kappa shape index (κ2) is 9.72. The molecule has 0 atom stereocenters. The van der Waals surface area contributed by atoms with E-state index in [1.54, 1.807) is 7.11 Å². The molecular weight excluding hydrogens is 384 g/mol. The van der Waals surface area contributed by atoms with Crippen molar-refractivity contribution in [2.45, 2.75) is 25.9 Å². The standard InChI is InChI=1S/C23H26N4O.ClH/c1-3-13-27-23(19-9-11-21(28-2)12-10-19)24-22(25-27)20-8-6-7-18(16-20)17-26-14-4-5-15-26;/h3,6-12,16H,1,4-5,13-15,17H2,2H3;1H. The van der Waals surface area contributed by atoms with Crippen LogP contribution in [-0.4, -0.2) is 39.9 Å². The fourth-order valence-corrected chi connectivity index (χ4v) is 3.68. The predicted octanol–water partition coefficient (Wildman–Crippen LogP) is 4.82. The second-order valence-corrected chi connectivity index (χ2v) is 7.14. The minimum absolute atomic E-state index is 0. The van der Waals surface area contributed by atoms with Crippen LogP contribution in [0.5, 0.6) is 5.75 Å². The smallest absolute Gasteiger partial charge is 0.181 e. The number of allylic oxidation sites excluding steroid dienone is 1. The van der Waals surface area contributed by atoms with Crippen LogP contribution < -0.4 is 4.74 Å². The Morgan fingerprint density at radius 3 is 2.52 bits per heavy atom. The maximum absolute atomic E-state index is 5.26. The minimum atomic E-state index is 0. The Balaban J connectivity index is 0.00000240. The summed E-state index contributed by atoms with van der Waals surface area (Å²) in [6.45, 7) is 7.85. The van der Waals surface area contributed by atoms with Crippen LogP contribution >= 0.6 is 12.4 Å². The molecule has 1 aliphatic heterocycles. The zero-order valence-corrected chi connectivity index (χ0v) is 17.6. The lowest BCUT2D eigenvalue weighted by Crippen LogP contribution is -2.18. The van der Waals surface area contributed by atoms with Crippen molar-refractivity contribution in [2.75, 3.05) is 20.2 Å². The summed E-state index contributed by atoms with van der Waals surface area (Å²) in [6.07, 6.45) is 4.45. The molecule has 2 aromatic carbocycles. The third kappa shape index (κ3) is 4.86. The fraction of sp³-hybridized carbons (Fsp3) is 0.304. The lowest BCUT2D eigenvalue weighted by Gasteiger charge is -2.14. The zero-order chi connectivity index (χ0) is 19.3. The first-order chi connectivity index (χ1) is 13.8. The molecule has 0 spiro atoms. The maximum Gasteiger partial charge on any atom is 0.181 e. The van der Waals surface area contributed by atoms with E-state index in [1.165, 1.54) is 31.5 Å². The molecule has 0 bridgehead atoms. The second-order valence-electron chi connectivity index (χ2n) is 7.14. The molecule has 4 rings (SSSR count). The Labute approximate surface area is 178 Å². The monoisotopic (exact) mass is 410 g/mol. The van der Waals surface area contributed by atoms with Gasteiger partial charge in [-0.25, -0.2) is 9.67 Å². The van der Waals surface area contributed by atoms with Gasteiger partial charge in [-0.1, -0.05) is 24.3 Å². The number of halogens is 1. The van der Waals surface area contributed by atoms with E-state index < -0.39 is 0 Å². The molecule has 0 aliphatic carbocycles. The highest BCUT2D eigenvalue weighted by Gasteiger charge is 2.15. The van der Waals surface area contributed by atoms with Crippen molar-refractivity contribution in [1.82, 2.24) is 19.7 Å². The van der Waals surface area contributed by atoms with Crippen molar-refractivity contribution in [2.24, 2.45) is 0 Å². The number of rotatable bonds is 7. The summed E-state index contributed by atoms with van der Waals surface area (Å²) in [5.41, 5.74) is 3.37. The van der Waals surface area contributed by atoms with E-state index in [0.29, 0.717) is 6.54 Å². The summed E-state index contributed by atoms with van der Waals surface area (Å²) in [7, 11) is 1.67. The van der Waals surface area contributed by atoms with Crippen LogP contribution in [0.25, 0.3) is 22.8 Å². The first kappa shape index (κ1) is 21.1. The van der Waals surface area contributed by atoms with Gasteiger partial charge in [-0.15, -0.1) is 19.0 Å². The van der Waals surface area contributed by atoms with E-state index in [9.17, 15) is 0 Å². The van der Waals surface area contributed by atoms with Gasteiger partial charge in [0.25, 0.3) is 0 Å². The Hall–Kier alpha value is -2.63. The molecule has 5 nitrogen and oxygen atoms in total. The number of hydrogen-bond donors (Lipinski definition) is 0. The molecule has 1 aliphatic rings. The Morgan fingerprint density at radius 1 is 1.07 bits per heavy atom. The van der Waals surface area contributed by atoms with Crippen LogP contribution in [0.15, 0.2) is 61.2 Å². The third-order valence-corrected chi connectivity index (χ3v) is 5.11. The van der Waals surface area contributed by atoms with Crippen LogP contribution in [0.3, 0.4) is 0 Å². The fourth-order valence-electron chi connectivity index (χ4n) is 3.68. The average molecular weight is 411 g/mol. The van der Waals surface area contributed by atoms with Gasteiger partial charge in [-0.2, -0.15) is 5.10 Å². The highest BCUT2D eigenvalue weighted by Crippen LogP contribution is 2.25. The number of aromatic nitrogens is 3. The van der Waals surface area contributed by atoms with Crippen molar-refractivity contribution in [3.63, 3.8) is 0 Å². The molecule has 3 aromatic rings. The molecule has 1 aromatic heterocycles. The average Bonchev–Trinajstić information content (AvgIpc) is 3.39. The van der Waals surface area contributed by atoms with Gasteiger partial charge < -0.3 is 4.74 Å². The van der Waals surface area contributed by atoms with E-state index >= 15 is 0 Å². The van der Waals surface area contributed by atoms with Crippen molar-refractivity contribution >= 4 is 12.4 Å². The molecule has 0 saturated carbocycles. The van der Waals surface area contributed by atoms with Gasteiger partial charge in [-0.05, 0) is 61.8 Å². The summed E-state index contributed by atoms with van der Waals surface area (Å²) in [4.78, 5) is 7.35. The maximum atomic E-state index is 5.26. The molecule has 29 heavy (non-hydrogen) atoms. The van der Waals surface area contributed by atoms with Gasteiger partial charge in [-0.3, -0.25) is 4.90 Å². The van der Waals surface area contributed by atoms with E-state index in [2.05, 4.69) is 35.7 Å². The molecule has 6 heteroatoms. The number of hydrogen-bond acceptors (Lipinski definition) is 4. The highest BCUT2D eigenvalue weighted by atomic mass is 35.5. The van der Waals surface area contributed by atoms with Crippen molar-refractivity contribution in [3.05, 3.63) is 66.7 Å². The van der Waals surface area contributed by atoms with Crippen LogP contribution in [0.4, 0.5) is 0 Å². The summed E-state index contributed by atoms with van der Waals surface area (Å²) in [5, 5.41) is 4.75. The van der Waals surface area contributed by atoms with Crippen LogP contribution in [-0.2, 0) is 13.1 Å². The van der Waals surface area contributed by atoms with Gasteiger partial charge in [0.1, 0.15) is 5.75 Å². The van der Waals surface area contributed by atoms with Crippen molar-refractivity contribution in [3.8, 4) is 28.5 Å². The molecule has 0 unspecified atom stereocenters. The Bertz CT molecular complexity index is 946. The van der Waals surface area contributed by atoms with Crippen molar-refractivity contribution < 1.29 is 4.74 Å². The molecule has 0 N–H and O–H groups in total. The lowest BCUT2D eigenvalue weighted by atomic mass is 10.1. The number of benzene rings is 2.